The zero-order valence-corrected chi connectivity index (χ0v) is 12.8. The van der Waals surface area contributed by atoms with Crippen molar-refractivity contribution < 1.29 is 9.47 Å². The van der Waals surface area contributed by atoms with Crippen LogP contribution in [0.3, 0.4) is 0 Å². The number of hydrogen-bond donors (Lipinski definition) is 0. The summed E-state index contributed by atoms with van der Waals surface area (Å²) in [7, 11) is 3.38. The number of halogens is 1. The maximum atomic E-state index is 6.82. The van der Waals surface area contributed by atoms with Crippen LogP contribution in [0.5, 0.6) is 11.5 Å². The highest BCUT2D eigenvalue weighted by Crippen LogP contribution is 2.73. The molecule has 5 atom stereocenters. The minimum atomic E-state index is 0.0919. The molecular weight excluding hydrogens is 272 g/mol. The molecule has 4 rings (SSSR count). The van der Waals surface area contributed by atoms with Crippen molar-refractivity contribution in [1.29, 1.82) is 0 Å². The third kappa shape index (κ3) is 1.70. The van der Waals surface area contributed by atoms with Crippen LogP contribution in [0.15, 0.2) is 18.2 Å². The summed E-state index contributed by atoms with van der Waals surface area (Å²) in [5.74, 6) is 6.06. The van der Waals surface area contributed by atoms with Gasteiger partial charge in [0.2, 0.25) is 0 Å². The van der Waals surface area contributed by atoms with E-state index in [9.17, 15) is 0 Å². The number of rotatable bonds is 4. The van der Waals surface area contributed by atoms with Gasteiger partial charge < -0.3 is 9.47 Å². The first-order valence-corrected chi connectivity index (χ1v) is 8.04. The second-order valence-electron chi connectivity index (χ2n) is 6.57. The SMILES string of the molecule is COc1ccc(C(Cl)C2C3C4CCC(C4)C32)c(OC)c1. The molecule has 1 aromatic rings. The summed E-state index contributed by atoms with van der Waals surface area (Å²) in [5, 5.41) is 0.0919. The summed E-state index contributed by atoms with van der Waals surface area (Å²) in [6.07, 6.45) is 4.34. The lowest BCUT2D eigenvalue weighted by atomic mass is 9.96. The van der Waals surface area contributed by atoms with Crippen LogP contribution in [0.2, 0.25) is 0 Å². The molecule has 2 nitrogen and oxygen atoms in total. The van der Waals surface area contributed by atoms with Gasteiger partial charge in [-0.2, -0.15) is 0 Å². The molecule has 3 saturated carbocycles. The molecule has 3 aliphatic carbocycles. The van der Waals surface area contributed by atoms with Crippen LogP contribution in [-0.4, -0.2) is 14.2 Å². The van der Waals surface area contributed by atoms with Gasteiger partial charge >= 0.3 is 0 Å². The summed E-state index contributed by atoms with van der Waals surface area (Å²) >= 11 is 6.82. The largest absolute Gasteiger partial charge is 0.497 e. The van der Waals surface area contributed by atoms with E-state index in [0.29, 0.717) is 5.92 Å². The van der Waals surface area contributed by atoms with Crippen LogP contribution in [0.1, 0.15) is 30.2 Å². The highest BCUT2D eigenvalue weighted by molar-refractivity contribution is 6.21. The average molecular weight is 293 g/mol. The Bertz CT molecular complexity index is 514. The van der Waals surface area contributed by atoms with Gasteiger partial charge in [-0.15, -0.1) is 11.6 Å². The molecule has 2 bridgehead atoms. The molecule has 0 spiro atoms. The topological polar surface area (TPSA) is 18.5 Å². The fourth-order valence-electron chi connectivity index (χ4n) is 5.04. The van der Waals surface area contributed by atoms with Gasteiger partial charge in [0.1, 0.15) is 11.5 Å². The Labute approximate surface area is 125 Å². The summed E-state index contributed by atoms with van der Waals surface area (Å²) in [4.78, 5) is 0. The third-order valence-corrected chi connectivity index (χ3v) is 6.40. The number of fused-ring (bicyclic) bond motifs is 5. The van der Waals surface area contributed by atoms with Gasteiger partial charge in [-0.3, -0.25) is 0 Å². The Morgan fingerprint density at radius 1 is 1.10 bits per heavy atom. The Morgan fingerprint density at radius 2 is 1.80 bits per heavy atom. The normalized spacial score (nSPS) is 38.5. The average Bonchev–Trinajstić information content (AvgIpc) is 2.93. The van der Waals surface area contributed by atoms with Crippen molar-refractivity contribution in [2.24, 2.45) is 29.6 Å². The lowest BCUT2D eigenvalue weighted by molar-refractivity contribution is 0.386. The lowest BCUT2D eigenvalue weighted by Crippen LogP contribution is -2.05. The van der Waals surface area contributed by atoms with Gasteiger partial charge in [0.25, 0.3) is 0 Å². The number of ether oxygens (including phenoxy) is 2. The van der Waals surface area contributed by atoms with Crippen LogP contribution in [-0.2, 0) is 0 Å². The highest BCUT2D eigenvalue weighted by Gasteiger charge is 2.66. The summed E-state index contributed by atoms with van der Waals surface area (Å²) in [5.41, 5.74) is 1.13. The van der Waals surface area contributed by atoms with Crippen LogP contribution in [0.4, 0.5) is 0 Å². The van der Waals surface area contributed by atoms with E-state index in [1.165, 1.54) is 19.3 Å². The number of methoxy groups -OCH3 is 2. The van der Waals surface area contributed by atoms with E-state index in [1.54, 1.807) is 14.2 Å². The number of hydrogen-bond acceptors (Lipinski definition) is 2. The van der Waals surface area contributed by atoms with Gasteiger partial charge in [0.05, 0.1) is 19.6 Å². The zero-order valence-electron chi connectivity index (χ0n) is 12.0. The molecule has 1 aromatic carbocycles. The van der Waals surface area contributed by atoms with E-state index in [-0.39, 0.29) is 5.38 Å². The first-order valence-electron chi connectivity index (χ1n) is 7.60. The maximum absolute atomic E-state index is 6.82. The van der Waals surface area contributed by atoms with Crippen LogP contribution in [0.25, 0.3) is 0 Å². The number of benzene rings is 1. The monoisotopic (exact) mass is 292 g/mol. The van der Waals surface area contributed by atoms with Crippen LogP contribution < -0.4 is 9.47 Å². The fraction of sp³-hybridized carbons (Fsp3) is 0.647. The quantitative estimate of drug-likeness (QED) is 0.771. The molecule has 3 fully saturated rings. The predicted octanol–water partition coefficient (Wildman–Crippen LogP) is 4.28. The lowest BCUT2D eigenvalue weighted by Gasteiger charge is -2.18. The highest BCUT2D eigenvalue weighted by atomic mass is 35.5. The van der Waals surface area contributed by atoms with E-state index in [0.717, 1.165) is 40.7 Å². The molecule has 0 amide bonds. The van der Waals surface area contributed by atoms with Gasteiger partial charge in [-0.25, -0.2) is 0 Å². The van der Waals surface area contributed by atoms with Crippen molar-refractivity contribution in [1.82, 2.24) is 0 Å². The molecule has 0 saturated heterocycles. The summed E-state index contributed by atoms with van der Waals surface area (Å²) < 4.78 is 10.8. The minimum absolute atomic E-state index is 0.0919. The van der Waals surface area contributed by atoms with Crippen molar-refractivity contribution in [3.8, 4) is 11.5 Å². The van der Waals surface area contributed by atoms with Crippen LogP contribution in [0, 0.1) is 29.6 Å². The van der Waals surface area contributed by atoms with Crippen molar-refractivity contribution in [2.45, 2.75) is 24.6 Å². The first kappa shape index (κ1) is 12.8. The molecule has 20 heavy (non-hydrogen) atoms. The third-order valence-electron chi connectivity index (χ3n) is 5.87. The maximum Gasteiger partial charge on any atom is 0.127 e. The van der Waals surface area contributed by atoms with Gasteiger partial charge in [-0.1, -0.05) is 6.07 Å². The number of alkyl halides is 1. The first-order chi connectivity index (χ1) is 9.74. The Morgan fingerprint density at radius 3 is 2.40 bits per heavy atom. The van der Waals surface area contributed by atoms with Crippen molar-refractivity contribution in [3.63, 3.8) is 0 Å². The van der Waals surface area contributed by atoms with E-state index < -0.39 is 0 Å². The van der Waals surface area contributed by atoms with Gasteiger partial charge in [0.15, 0.2) is 0 Å². The Balaban J connectivity index is 1.59. The summed E-state index contributed by atoms with van der Waals surface area (Å²) in [6.45, 7) is 0. The molecule has 3 heteroatoms. The molecule has 3 aliphatic rings. The minimum Gasteiger partial charge on any atom is -0.497 e. The second kappa shape index (κ2) is 4.56. The van der Waals surface area contributed by atoms with Crippen molar-refractivity contribution in [2.75, 3.05) is 14.2 Å². The molecule has 0 N–H and O–H groups in total. The molecule has 0 radical (unpaired) electrons. The van der Waals surface area contributed by atoms with Crippen molar-refractivity contribution in [3.05, 3.63) is 23.8 Å². The molecule has 108 valence electrons. The molecule has 5 unspecified atom stereocenters. The molecule has 0 aromatic heterocycles. The Hall–Kier alpha value is -0.890. The summed E-state index contributed by atoms with van der Waals surface area (Å²) in [6, 6.07) is 6.00. The Kier molecular flexibility index (Phi) is 2.92. The van der Waals surface area contributed by atoms with E-state index in [4.69, 9.17) is 21.1 Å². The van der Waals surface area contributed by atoms with Crippen molar-refractivity contribution >= 4 is 11.6 Å². The predicted molar refractivity (Wildman–Crippen MR) is 79.4 cm³/mol. The van der Waals surface area contributed by atoms with Crippen LogP contribution >= 0.6 is 11.6 Å². The molecule has 0 aliphatic heterocycles. The molecular formula is C17H21ClO2. The van der Waals surface area contributed by atoms with E-state index >= 15 is 0 Å². The van der Waals surface area contributed by atoms with Gasteiger partial charge in [0, 0.05) is 11.6 Å². The molecule has 0 heterocycles. The van der Waals surface area contributed by atoms with E-state index in [2.05, 4.69) is 6.07 Å². The fourth-order valence-corrected chi connectivity index (χ4v) is 5.55. The zero-order chi connectivity index (χ0) is 13.9. The second-order valence-corrected chi connectivity index (χ2v) is 7.05. The smallest absolute Gasteiger partial charge is 0.127 e. The van der Waals surface area contributed by atoms with E-state index in [1.807, 2.05) is 12.1 Å². The van der Waals surface area contributed by atoms with Gasteiger partial charge in [-0.05, 0) is 54.9 Å². The standard InChI is InChI=1S/C17H21ClO2/c1-19-11-5-6-12(13(8-11)20-2)17(18)16-14-9-3-4-10(7-9)15(14)16/h5-6,8-10,14-17H,3-4,7H2,1-2H3.